The molecule has 9 nitrogen and oxygen atoms in total. The predicted molar refractivity (Wildman–Crippen MR) is 92.3 cm³/mol. The van der Waals surface area contributed by atoms with Crippen LogP contribution in [0.25, 0.3) is 0 Å². The van der Waals surface area contributed by atoms with Gasteiger partial charge in [-0.25, -0.2) is 4.79 Å². The normalized spacial score (nSPS) is 17.7. The van der Waals surface area contributed by atoms with E-state index in [0.717, 1.165) is 0 Å². The van der Waals surface area contributed by atoms with Crippen LogP contribution in [0.1, 0.15) is 34.5 Å². The Balaban J connectivity index is 1.93. The highest BCUT2D eigenvalue weighted by Crippen LogP contribution is 2.26. The lowest BCUT2D eigenvalue weighted by Crippen LogP contribution is -2.43. The van der Waals surface area contributed by atoms with E-state index in [-0.39, 0.29) is 11.9 Å². The molecule has 3 amide bonds. The van der Waals surface area contributed by atoms with Crippen LogP contribution in [0.15, 0.2) is 29.0 Å². The molecule has 0 saturated carbocycles. The zero-order valence-corrected chi connectivity index (χ0v) is 15.1. The molecule has 2 aromatic heterocycles. The van der Waals surface area contributed by atoms with Crippen molar-refractivity contribution in [2.45, 2.75) is 19.4 Å². The minimum atomic E-state index is -0.504. The molecule has 26 heavy (non-hydrogen) atoms. The Kier molecular flexibility index (Phi) is 5.15. The molecule has 1 aliphatic rings. The summed E-state index contributed by atoms with van der Waals surface area (Å²) in [6.45, 7) is 3.05. The number of hydrogen-bond donors (Lipinski definition) is 0. The number of aryl methyl sites for hydroxylation is 1. The molecule has 0 aliphatic carbocycles. The molecule has 1 aliphatic heterocycles. The van der Waals surface area contributed by atoms with Crippen LogP contribution in [0.2, 0.25) is 0 Å². The third kappa shape index (κ3) is 3.66. The molecule has 1 unspecified atom stereocenters. The van der Waals surface area contributed by atoms with Gasteiger partial charge in [-0.3, -0.25) is 9.78 Å². The van der Waals surface area contributed by atoms with Gasteiger partial charge in [0.15, 0.2) is 5.82 Å². The highest BCUT2D eigenvalue weighted by molar-refractivity contribution is 5.94. The quantitative estimate of drug-likeness (QED) is 0.804. The fourth-order valence-corrected chi connectivity index (χ4v) is 3.00. The van der Waals surface area contributed by atoms with Crippen LogP contribution in [0.5, 0.6) is 0 Å². The number of rotatable bonds is 2. The largest absolute Gasteiger partial charge is 0.337 e. The maximum atomic E-state index is 13.0. The topological polar surface area (TPSA) is 95.7 Å². The van der Waals surface area contributed by atoms with E-state index in [1.54, 1.807) is 49.1 Å². The number of urea groups is 1. The molecule has 0 bridgehead atoms. The zero-order valence-electron chi connectivity index (χ0n) is 15.1. The standard InChI is InChI=1S/C17H22N6O3/c1-12-19-15(26-20-12)14-11-22(17(25)21(2)3)8-5-9-23(14)16(24)13-6-4-7-18-10-13/h4,6-7,10,14H,5,8-9,11H2,1-3H3. The molecule has 9 heteroatoms. The molecule has 138 valence electrons. The summed E-state index contributed by atoms with van der Waals surface area (Å²) >= 11 is 0. The van der Waals surface area contributed by atoms with Crippen molar-refractivity contribution in [2.24, 2.45) is 0 Å². The van der Waals surface area contributed by atoms with Crippen molar-refractivity contribution >= 4 is 11.9 Å². The number of aromatic nitrogens is 3. The van der Waals surface area contributed by atoms with Crippen LogP contribution in [0, 0.1) is 6.92 Å². The molecular weight excluding hydrogens is 336 g/mol. The van der Waals surface area contributed by atoms with E-state index in [1.807, 2.05) is 0 Å². The van der Waals surface area contributed by atoms with E-state index in [2.05, 4.69) is 15.1 Å². The highest BCUT2D eigenvalue weighted by Gasteiger charge is 2.35. The van der Waals surface area contributed by atoms with Crippen LogP contribution >= 0.6 is 0 Å². The zero-order chi connectivity index (χ0) is 18.7. The fraction of sp³-hybridized carbons (Fsp3) is 0.471. The fourth-order valence-electron chi connectivity index (χ4n) is 3.00. The van der Waals surface area contributed by atoms with Gasteiger partial charge in [-0.15, -0.1) is 0 Å². The third-order valence-corrected chi connectivity index (χ3v) is 4.25. The van der Waals surface area contributed by atoms with E-state index >= 15 is 0 Å². The molecule has 0 radical (unpaired) electrons. The van der Waals surface area contributed by atoms with Gasteiger partial charge in [0.2, 0.25) is 0 Å². The Morgan fingerprint density at radius 2 is 2.12 bits per heavy atom. The van der Waals surface area contributed by atoms with Gasteiger partial charge >= 0.3 is 6.03 Å². The second kappa shape index (κ2) is 7.51. The van der Waals surface area contributed by atoms with Crippen molar-refractivity contribution in [2.75, 3.05) is 33.7 Å². The first-order valence-corrected chi connectivity index (χ1v) is 8.45. The summed E-state index contributed by atoms with van der Waals surface area (Å²) in [4.78, 5) is 38.7. The number of hydrogen-bond acceptors (Lipinski definition) is 6. The lowest BCUT2D eigenvalue weighted by molar-refractivity contribution is 0.0635. The first-order chi connectivity index (χ1) is 12.5. The lowest BCUT2D eigenvalue weighted by Gasteiger charge is -2.30. The van der Waals surface area contributed by atoms with E-state index in [9.17, 15) is 9.59 Å². The molecular formula is C17H22N6O3. The Morgan fingerprint density at radius 3 is 2.73 bits per heavy atom. The number of carbonyl (C=O) groups excluding carboxylic acids is 2. The summed E-state index contributed by atoms with van der Waals surface area (Å²) in [5.41, 5.74) is 0.487. The summed E-state index contributed by atoms with van der Waals surface area (Å²) in [6.07, 6.45) is 3.82. The van der Waals surface area contributed by atoms with Gasteiger partial charge in [-0.2, -0.15) is 4.98 Å². The van der Waals surface area contributed by atoms with Crippen molar-refractivity contribution in [3.05, 3.63) is 41.8 Å². The lowest BCUT2D eigenvalue weighted by atomic mass is 10.1. The number of nitrogens with zero attached hydrogens (tertiary/aromatic N) is 6. The first-order valence-electron chi connectivity index (χ1n) is 8.45. The van der Waals surface area contributed by atoms with Crippen molar-refractivity contribution in [1.29, 1.82) is 0 Å². The second-order valence-corrected chi connectivity index (χ2v) is 6.41. The summed E-state index contributed by atoms with van der Waals surface area (Å²) in [5.74, 6) is 0.653. The van der Waals surface area contributed by atoms with Gasteiger partial charge in [-0.05, 0) is 25.5 Å². The summed E-state index contributed by atoms with van der Waals surface area (Å²) in [6, 6.07) is 2.83. The molecule has 0 N–H and O–H groups in total. The molecule has 1 fully saturated rings. The Labute approximate surface area is 151 Å². The Morgan fingerprint density at radius 1 is 1.31 bits per heavy atom. The van der Waals surface area contributed by atoms with Gasteiger partial charge in [0, 0.05) is 39.6 Å². The number of carbonyl (C=O) groups is 2. The third-order valence-electron chi connectivity index (χ3n) is 4.25. The van der Waals surface area contributed by atoms with Crippen LogP contribution in [-0.2, 0) is 0 Å². The predicted octanol–water partition coefficient (Wildman–Crippen LogP) is 1.34. The van der Waals surface area contributed by atoms with Gasteiger partial charge in [0.1, 0.15) is 6.04 Å². The summed E-state index contributed by atoms with van der Waals surface area (Å²) in [5, 5.41) is 3.84. The number of pyridine rings is 1. The van der Waals surface area contributed by atoms with Gasteiger partial charge in [-0.1, -0.05) is 5.16 Å². The van der Waals surface area contributed by atoms with E-state index < -0.39 is 6.04 Å². The maximum Gasteiger partial charge on any atom is 0.319 e. The molecule has 3 heterocycles. The Bertz CT molecular complexity index is 776. The van der Waals surface area contributed by atoms with E-state index in [0.29, 0.717) is 43.3 Å². The SMILES string of the molecule is Cc1noc(C2CN(C(=O)N(C)C)CCCN2C(=O)c2cccnc2)n1. The van der Waals surface area contributed by atoms with Crippen molar-refractivity contribution < 1.29 is 14.1 Å². The second-order valence-electron chi connectivity index (χ2n) is 6.41. The molecule has 3 rings (SSSR count). The van der Waals surface area contributed by atoms with E-state index in [1.165, 1.54) is 11.1 Å². The minimum Gasteiger partial charge on any atom is -0.337 e. The molecule has 1 atom stereocenters. The van der Waals surface area contributed by atoms with Crippen molar-refractivity contribution in [1.82, 2.24) is 29.8 Å². The van der Waals surface area contributed by atoms with Crippen LogP contribution in [0.4, 0.5) is 4.79 Å². The van der Waals surface area contributed by atoms with Crippen LogP contribution in [0.3, 0.4) is 0 Å². The molecule has 2 aromatic rings. The van der Waals surface area contributed by atoms with Gasteiger partial charge in [0.05, 0.1) is 12.1 Å². The first kappa shape index (κ1) is 17.8. The van der Waals surface area contributed by atoms with E-state index in [4.69, 9.17) is 4.52 Å². The Hall–Kier alpha value is -2.97. The number of amides is 3. The van der Waals surface area contributed by atoms with Gasteiger partial charge < -0.3 is 19.2 Å². The van der Waals surface area contributed by atoms with Crippen LogP contribution in [-0.4, -0.2) is 75.5 Å². The van der Waals surface area contributed by atoms with Crippen LogP contribution < -0.4 is 0 Å². The maximum absolute atomic E-state index is 13.0. The van der Waals surface area contributed by atoms with Crippen molar-refractivity contribution in [3.63, 3.8) is 0 Å². The summed E-state index contributed by atoms with van der Waals surface area (Å²) < 4.78 is 5.34. The molecule has 0 aromatic carbocycles. The average Bonchev–Trinajstić information content (AvgIpc) is 2.95. The summed E-state index contributed by atoms with van der Waals surface area (Å²) in [7, 11) is 3.41. The van der Waals surface area contributed by atoms with Gasteiger partial charge in [0.25, 0.3) is 11.8 Å². The minimum absolute atomic E-state index is 0.109. The highest BCUT2D eigenvalue weighted by atomic mass is 16.5. The molecule has 0 spiro atoms. The smallest absolute Gasteiger partial charge is 0.319 e. The molecule has 1 saturated heterocycles. The average molecular weight is 358 g/mol. The van der Waals surface area contributed by atoms with Crippen molar-refractivity contribution in [3.8, 4) is 0 Å². The monoisotopic (exact) mass is 358 g/mol.